The Morgan fingerprint density at radius 1 is 1.83 bits per heavy atom. The van der Waals surface area contributed by atoms with Crippen molar-refractivity contribution in [3.05, 3.63) is 12.2 Å². The van der Waals surface area contributed by atoms with E-state index in [1.165, 1.54) is 0 Å². The van der Waals surface area contributed by atoms with Crippen LogP contribution in [0.3, 0.4) is 0 Å². The minimum atomic E-state index is -0.934. The van der Waals surface area contributed by atoms with E-state index >= 15 is 0 Å². The average Bonchev–Trinajstić information content (AvgIpc) is 1.65. The van der Waals surface area contributed by atoms with Gasteiger partial charge in [-0.05, 0) is 0 Å². The second-order valence-electron chi connectivity index (χ2n) is 0.690. The van der Waals surface area contributed by atoms with Crippen molar-refractivity contribution in [2.75, 3.05) is 5.88 Å². The molecule has 0 unspecified atom stereocenters. The molecular formula is C3H3ClF2. The van der Waals surface area contributed by atoms with Crippen LogP contribution in [0.15, 0.2) is 12.2 Å². The number of hydrogen-bond acceptors (Lipinski definition) is 0. The zero-order valence-electron chi connectivity index (χ0n) is 2.92. The smallest absolute Gasteiger partial charge is 0.143 e. The summed E-state index contributed by atoms with van der Waals surface area (Å²) in [7, 11) is 0. The fourth-order valence-electron chi connectivity index (χ4n) is 0.0292. The Kier molecular flexibility index (Phi) is 3.04. The van der Waals surface area contributed by atoms with Gasteiger partial charge in [-0.3, -0.25) is 0 Å². The maximum Gasteiger partial charge on any atom is 0.143 e. The van der Waals surface area contributed by atoms with Crippen molar-refractivity contribution in [1.82, 2.24) is 0 Å². The van der Waals surface area contributed by atoms with Crippen LogP contribution in [0, 0.1) is 0 Å². The number of allylic oxidation sites excluding steroid dienone is 1. The lowest BCUT2D eigenvalue weighted by molar-refractivity contribution is 0.588. The monoisotopic (exact) mass is 112 g/mol. The van der Waals surface area contributed by atoms with Crippen LogP contribution in [0.1, 0.15) is 0 Å². The molecule has 0 radical (unpaired) electrons. The summed E-state index contributed by atoms with van der Waals surface area (Å²) < 4.78 is 22.0. The first-order chi connectivity index (χ1) is 2.81. The minimum Gasteiger partial charge on any atom is -0.213 e. The Morgan fingerprint density at radius 2 is 2.33 bits per heavy atom. The summed E-state index contributed by atoms with van der Waals surface area (Å²) in [4.78, 5) is 0. The highest BCUT2D eigenvalue weighted by atomic mass is 35.5. The lowest BCUT2D eigenvalue weighted by Crippen LogP contribution is -1.66. The van der Waals surface area contributed by atoms with Gasteiger partial charge >= 0.3 is 0 Å². The Balaban J connectivity index is 3.22. The van der Waals surface area contributed by atoms with Crippen LogP contribution in [0.5, 0.6) is 0 Å². The highest BCUT2D eigenvalue weighted by molar-refractivity contribution is 6.19. The molecule has 0 spiro atoms. The van der Waals surface area contributed by atoms with Crippen LogP contribution in [0.4, 0.5) is 8.78 Å². The van der Waals surface area contributed by atoms with Crippen molar-refractivity contribution in [1.29, 1.82) is 0 Å². The first-order valence-corrected chi connectivity index (χ1v) is 1.85. The van der Waals surface area contributed by atoms with Gasteiger partial charge in [0.2, 0.25) is 0 Å². The number of halogens is 3. The zero-order valence-corrected chi connectivity index (χ0v) is 3.67. The topological polar surface area (TPSA) is 0 Å². The van der Waals surface area contributed by atoms with Gasteiger partial charge < -0.3 is 0 Å². The summed E-state index contributed by atoms with van der Waals surface area (Å²) in [5, 5.41) is 0. The van der Waals surface area contributed by atoms with Crippen molar-refractivity contribution in [3.8, 4) is 0 Å². The van der Waals surface area contributed by atoms with Crippen molar-refractivity contribution in [3.63, 3.8) is 0 Å². The fourth-order valence-corrected chi connectivity index (χ4v) is 0.0875. The molecule has 0 bridgehead atoms. The standard InChI is InChI=1S/C3H3ClF2/c4-1-3(6)2-5/h2H,1H2/b3-2+. The first kappa shape index (κ1) is 5.89. The molecule has 0 atom stereocenters. The molecule has 0 heterocycles. The highest BCUT2D eigenvalue weighted by Gasteiger charge is 1.84. The summed E-state index contributed by atoms with van der Waals surface area (Å²) in [5.74, 6) is -1.31. The van der Waals surface area contributed by atoms with Gasteiger partial charge in [0.05, 0.1) is 5.88 Å². The van der Waals surface area contributed by atoms with E-state index in [2.05, 4.69) is 0 Å². The summed E-state index contributed by atoms with van der Waals surface area (Å²) in [6, 6.07) is 0. The van der Waals surface area contributed by atoms with E-state index in [4.69, 9.17) is 11.6 Å². The quantitative estimate of drug-likeness (QED) is 0.455. The highest BCUT2D eigenvalue weighted by Crippen LogP contribution is 1.96. The summed E-state index contributed by atoms with van der Waals surface area (Å²) >= 11 is 4.77. The molecular weight excluding hydrogens is 109 g/mol. The molecule has 0 aliphatic carbocycles. The molecule has 0 aliphatic rings. The maximum atomic E-state index is 11.2. The van der Waals surface area contributed by atoms with Crippen molar-refractivity contribution >= 4 is 11.6 Å². The summed E-state index contributed by atoms with van der Waals surface area (Å²) in [5.41, 5.74) is 0. The van der Waals surface area contributed by atoms with E-state index in [1.807, 2.05) is 0 Å². The third-order valence-corrected chi connectivity index (χ3v) is 0.501. The Hall–Kier alpha value is -0.110. The lowest BCUT2D eigenvalue weighted by atomic mass is 10.7. The van der Waals surface area contributed by atoms with Crippen molar-refractivity contribution in [2.45, 2.75) is 0 Å². The summed E-state index contributed by atoms with van der Waals surface area (Å²) in [6.45, 7) is 0. The van der Waals surface area contributed by atoms with Gasteiger partial charge in [-0.1, -0.05) is 0 Å². The predicted octanol–water partition coefficient (Wildman–Crippen LogP) is 2.01. The second-order valence-corrected chi connectivity index (χ2v) is 0.957. The second kappa shape index (κ2) is 3.09. The largest absolute Gasteiger partial charge is 0.213 e. The molecule has 6 heavy (non-hydrogen) atoms. The van der Waals surface area contributed by atoms with Gasteiger partial charge in [0, 0.05) is 0 Å². The van der Waals surface area contributed by atoms with E-state index in [0.717, 1.165) is 0 Å². The van der Waals surface area contributed by atoms with Gasteiger partial charge in [0.25, 0.3) is 0 Å². The molecule has 0 nitrogen and oxygen atoms in total. The third-order valence-electron chi connectivity index (χ3n) is 0.246. The lowest BCUT2D eigenvalue weighted by Gasteiger charge is -1.75. The minimum absolute atomic E-state index is 0.160. The fraction of sp³-hybridized carbons (Fsp3) is 0.333. The molecule has 0 aromatic carbocycles. The van der Waals surface area contributed by atoms with Gasteiger partial charge in [-0.2, -0.15) is 0 Å². The van der Waals surface area contributed by atoms with Gasteiger partial charge in [0.1, 0.15) is 12.2 Å². The van der Waals surface area contributed by atoms with Crippen LogP contribution in [-0.4, -0.2) is 5.88 Å². The maximum absolute atomic E-state index is 11.2. The molecule has 0 saturated heterocycles. The van der Waals surface area contributed by atoms with Gasteiger partial charge in [-0.15, -0.1) is 11.6 Å². The first-order valence-electron chi connectivity index (χ1n) is 1.32. The predicted molar refractivity (Wildman–Crippen MR) is 21.0 cm³/mol. The number of hydrogen-bond donors (Lipinski definition) is 0. The van der Waals surface area contributed by atoms with Gasteiger partial charge in [-0.25, -0.2) is 8.78 Å². The molecule has 0 N–H and O–H groups in total. The molecule has 0 aliphatic heterocycles. The van der Waals surface area contributed by atoms with Crippen LogP contribution in [-0.2, 0) is 0 Å². The normalized spacial score (nSPS) is 12.2. The average molecular weight is 113 g/mol. The van der Waals surface area contributed by atoms with Crippen LogP contribution < -0.4 is 0 Å². The number of rotatable bonds is 1. The van der Waals surface area contributed by atoms with E-state index in [9.17, 15) is 8.78 Å². The zero-order chi connectivity index (χ0) is 4.99. The van der Waals surface area contributed by atoms with E-state index in [-0.39, 0.29) is 12.2 Å². The van der Waals surface area contributed by atoms with Crippen molar-refractivity contribution in [2.24, 2.45) is 0 Å². The van der Waals surface area contributed by atoms with Crippen LogP contribution >= 0.6 is 11.6 Å². The molecule has 0 rings (SSSR count). The van der Waals surface area contributed by atoms with Crippen LogP contribution in [0.25, 0.3) is 0 Å². The van der Waals surface area contributed by atoms with E-state index in [0.29, 0.717) is 0 Å². The Labute approximate surface area is 39.4 Å². The molecule has 36 valence electrons. The van der Waals surface area contributed by atoms with E-state index in [1.54, 1.807) is 0 Å². The molecule has 3 heteroatoms. The molecule has 0 aromatic rings. The third kappa shape index (κ3) is 2.15. The summed E-state index contributed by atoms with van der Waals surface area (Å²) in [6.07, 6.45) is -0.160. The molecule has 0 saturated carbocycles. The Bertz CT molecular complexity index is 59.8. The van der Waals surface area contributed by atoms with Crippen molar-refractivity contribution < 1.29 is 8.78 Å². The van der Waals surface area contributed by atoms with Crippen LogP contribution in [0.2, 0.25) is 0 Å². The Morgan fingerprint density at radius 3 is 2.33 bits per heavy atom. The molecule has 0 fully saturated rings. The SMILES string of the molecule is F/C=C(/F)CCl. The van der Waals surface area contributed by atoms with Gasteiger partial charge in [0.15, 0.2) is 0 Å². The molecule has 0 aromatic heterocycles. The molecule has 0 amide bonds. The van der Waals surface area contributed by atoms with E-state index < -0.39 is 5.83 Å². The number of alkyl halides is 1.